The number of piperidine rings is 1. The van der Waals surface area contributed by atoms with Gasteiger partial charge in [-0.15, -0.1) is 5.10 Å². The van der Waals surface area contributed by atoms with Crippen LogP contribution in [-0.2, 0) is 6.54 Å². The first kappa shape index (κ1) is 13.2. The monoisotopic (exact) mass is 272 g/mol. The van der Waals surface area contributed by atoms with E-state index in [1.807, 2.05) is 42.1 Å². The van der Waals surface area contributed by atoms with Crippen LogP contribution in [0.2, 0.25) is 0 Å². The summed E-state index contributed by atoms with van der Waals surface area (Å²) >= 11 is 0. The number of likely N-dealkylation sites (N-methyl/N-ethyl adjacent to an activating group) is 1. The van der Waals surface area contributed by atoms with Crippen molar-refractivity contribution < 1.29 is 0 Å². The minimum atomic E-state index is 0.574. The molecule has 6 nitrogen and oxygen atoms in total. The Morgan fingerprint density at radius 1 is 1.30 bits per heavy atom. The van der Waals surface area contributed by atoms with Gasteiger partial charge >= 0.3 is 0 Å². The molecule has 0 spiro atoms. The molecule has 1 saturated heterocycles. The predicted octanol–water partition coefficient (Wildman–Crippen LogP) is 0.846. The summed E-state index contributed by atoms with van der Waals surface area (Å²) in [5.74, 6) is 0.896. The average molecular weight is 272 g/mol. The molecule has 1 atom stereocenters. The summed E-state index contributed by atoms with van der Waals surface area (Å²) in [5, 5.41) is 15.5. The van der Waals surface area contributed by atoms with Crippen molar-refractivity contribution in [2.45, 2.75) is 25.4 Å². The Balaban J connectivity index is 1.74. The Morgan fingerprint density at radius 3 is 2.95 bits per heavy atom. The maximum Gasteiger partial charge on any atom is 0.170 e. The summed E-state index contributed by atoms with van der Waals surface area (Å²) in [6, 6.07) is 10.6. The molecule has 106 valence electrons. The van der Waals surface area contributed by atoms with Crippen LogP contribution in [0.4, 0.5) is 0 Å². The summed E-state index contributed by atoms with van der Waals surface area (Å²) < 4.78 is 1.82. The van der Waals surface area contributed by atoms with Crippen LogP contribution < -0.4 is 5.32 Å². The summed E-state index contributed by atoms with van der Waals surface area (Å²) in [6.07, 6.45) is 2.47. The number of benzene rings is 1. The number of nitrogens with zero attached hydrogens (tertiary/aromatic N) is 5. The molecule has 0 bridgehead atoms. The molecule has 2 aromatic rings. The van der Waals surface area contributed by atoms with E-state index in [9.17, 15) is 0 Å². The van der Waals surface area contributed by atoms with Crippen molar-refractivity contribution in [3.8, 4) is 5.69 Å². The molecule has 0 amide bonds. The van der Waals surface area contributed by atoms with Crippen LogP contribution in [0.1, 0.15) is 18.7 Å². The third kappa shape index (κ3) is 2.86. The van der Waals surface area contributed by atoms with Crippen LogP contribution in [0.15, 0.2) is 30.3 Å². The molecule has 0 aliphatic carbocycles. The molecule has 2 heterocycles. The fraction of sp³-hybridized carbons (Fsp3) is 0.500. The number of aromatic nitrogens is 4. The van der Waals surface area contributed by atoms with Crippen molar-refractivity contribution in [1.82, 2.24) is 30.4 Å². The number of hydrogen-bond acceptors (Lipinski definition) is 5. The number of rotatable bonds is 4. The van der Waals surface area contributed by atoms with Crippen LogP contribution in [0, 0.1) is 0 Å². The van der Waals surface area contributed by atoms with E-state index in [1.54, 1.807) is 0 Å². The minimum Gasteiger partial charge on any atom is -0.316 e. The smallest absolute Gasteiger partial charge is 0.170 e. The van der Waals surface area contributed by atoms with Crippen molar-refractivity contribution in [3.63, 3.8) is 0 Å². The number of tetrazole rings is 1. The van der Waals surface area contributed by atoms with Gasteiger partial charge in [-0.25, -0.2) is 0 Å². The molecular weight excluding hydrogens is 252 g/mol. The maximum absolute atomic E-state index is 4.18. The Labute approximate surface area is 118 Å². The molecule has 20 heavy (non-hydrogen) atoms. The maximum atomic E-state index is 4.18. The molecule has 0 saturated carbocycles. The molecule has 1 aliphatic heterocycles. The molecule has 1 aromatic carbocycles. The van der Waals surface area contributed by atoms with Gasteiger partial charge in [0.05, 0.1) is 12.2 Å². The van der Waals surface area contributed by atoms with Gasteiger partial charge in [0.2, 0.25) is 0 Å². The molecule has 3 rings (SSSR count). The zero-order chi connectivity index (χ0) is 13.8. The van der Waals surface area contributed by atoms with E-state index in [2.05, 4.69) is 25.7 Å². The highest BCUT2D eigenvalue weighted by Crippen LogP contribution is 2.14. The van der Waals surface area contributed by atoms with E-state index in [1.165, 1.54) is 12.8 Å². The van der Waals surface area contributed by atoms with E-state index in [-0.39, 0.29) is 0 Å². The molecular formula is C14H20N6. The lowest BCUT2D eigenvalue weighted by Gasteiger charge is -2.31. The van der Waals surface area contributed by atoms with Gasteiger partial charge < -0.3 is 5.32 Å². The molecule has 1 N–H and O–H groups in total. The lowest BCUT2D eigenvalue weighted by atomic mass is 10.1. The van der Waals surface area contributed by atoms with Crippen LogP contribution in [0.3, 0.4) is 0 Å². The number of likely N-dealkylation sites (tertiary alicyclic amines) is 1. The fourth-order valence-corrected chi connectivity index (χ4v) is 2.71. The van der Waals surface area contributed by atoms with Gasteiger partial charge in [-0.2, -0.15) is 4.68 Å². The van der Waals surface area contributed by atoms with Crippen LogP contribution in [0.25, 0.3) is 5.69 Å². The third-order valence-corrected chi connectivity index (χ3v) is 3.81. The molecule has 6 heteroatoms. The SMILES string of the molecule is CNC1CCCN(Cc2nnnn2-c2ccccc2)C1. The van der Waals surface area contributed by atoms with Crippen molar-refractivity contribution >= 4 is 0 Å². The number of hydrogen-bond donors (Lipinski definition) is 1. The molecule has 1 aromatic heterocycles. The first-order chi connectivity index (χ1) is 9.86. The second kappa shape index (κ2) is 6.11. The molecule has 0 radical (unpaired) electrons. The van der Waals surface area contributed by atoms with Crippen LogP contribution in [-0.4, -0.2) is 51.3 Å². The topological polar surface area (TPSA) is 58.9 Å². The van der Waals surface area contributed by atoms with E-state index >= 15 is 0 Å². The average Bonchev–Trinajstić information content (AvgIpc) is 2.96. The van der Waals surface area contributed by atoms with Crippen molar-refractivity contribution in [2.24, 2.45) is 0 Å². The standard InChI is InChI=1S/C14H20N6/c1-15-12-6-5-9-19(10-12)11-14-16-17-18-20(14)13-7-3-2-4-8-13/h2-4,7-8,12,15H,5-6,9-11H2,1H3. The zero-order valence-electron chi connectivity index (χ0n) is 11.7. The van der Waals surface area contributed by atoms with Gasteiger partial charge in [0.15, 0.2) is 5.82 Å². The third-order valence-electron chi connectivity index (χ3n) is 3.81. The highest BCUT2D eigenvalue weighted by Gasteiger charge is 2.20. The first-order valence-corrected chi connectivity index (χ1v) is 7.09. The summed E-state index contributed by atoms with van der Waals surface area (Å²) in [6.45, 7) is 2.96. The highest BCUT2D eigenvalue weighted by molar-refractivity contribution is 5.30. The summed E-state index contributed by atoms with van der Waals surface area (Å²) in [5.41, 5.74) is 1.01. The van der Waals surface area contributed by atoms with E-state index in [4.69, 9.17) is 0 Å². The van der Waals surface area contributed by atoms with Crippen LogP contribution >= 0.6 is 0 Å². The normalized spacial score (nSPS) is 20.1. The highest BCUT2D eigenvalue weighted by atomic mass is 15.5. The Kier molecular flexibility index (Phi) is 4.03. The van der Waals surface area contributed by atoms with Gasteiger partial charge in [0.1, 0.15) is 0 Å². The van der Waals surface area contributed by atoms with E-state index in [0.717, 1.165) is 31.1 Å². The lowest BCUT2D eigenvalue weighted by Crippen LogP contribution is -2.44. The predicted molar refractivity (Wildman–Crippen MR) is 76.5 cm³/mol. The van der Waals surface area contributed by atoms with Crippen molar-refractivity contribution in [2.75, 3.05) is 20.1 Å². The molecule has 1 unspecified atom stereocenters. The van der Waals surface area contributed by atoms with E-state index in [0.29, 0.717) is 6.04 Å². The largest absolute Gasteiger partial charge is 0.316 e. The van der Waals surface area contributed by atoms with Crippen molar-refractivity contribution in [1.29, 1.82) is 0 Å². The van der Waals surface area contributed by atoms with E-state index < -0.39 is 0 Å². The molecule has 1 fully saturated rings. The summed E-state index contributed by atoms with van der Waals surface area (Å²) in [7, 11) is 2.03. The van der Waals surface area contributed by atoms with Gasteiger partial charge in [-0.1, -0.05) is 18.2 Å². The van der Waals surface area contributed by atoms with Gasteiger partial charge in [-0.05, 0) is 49.0 Å². The Bertz CT molecular complexity index is 538. The zero-order valence-corrected chi connectivity index (χ0v) is 11.7. The Morgan fingerprint density at radius 2 is 2.15 bits per heavy atom. The number of nitrogens with one attached hydrogen (secondary N) is 1. The van der Waals surface area contributed by atoms with Gasteiger partial charge in [0, 0.05) is 12.6 Å². The fourth-order valence-electron chi connectivity index (χ4n) is 2.71. The second-order valence-electron chi connectivity index (χ2n) is 5.21. The summed E-state index contributed by atoms with van der Waals surface area (Å²) in [4.78, 5) is 2.41. The van der Waals surface area contributed by atoms with Gasteiger partial charge in [-0.3, -0.25) is 4.90 Å². The second-order valence-corrected chi connectivity index (χ2v) is 5.21. The quantitative estimate of drug-likeness (QED) is 0.894. The molecule has 1 aliphatic rings. The number of para-hydroxylation sites is 1. The Hall–Kier alpha value is -1.79. The van der Waals surface area contributed by atoms with Crippen LogP contribution in [0.5, 0.6) is 0 Å². The van der Waals surface area contributed by atoms with Gasteiger partial charge in [0.25, 0.3) is 0 Å². The minimum absolute atomic E-state index is 0.574. The van der Waals surface area contributed by atoms with Crippen molar-refractivity contribution in [3.05, 3.63) is 36.2 Å². The first-order valence-electron chi connectivity index (χ1n) is 7.09. The lowest BCUT2D eigenvalue weighted by molar-refractivity contribution is 0.183.